The maximum atomic E-state index is 12.6. The van der Waals surface area contributed by atoms with Crippen LogP contribution in [0.25, 0.3) is 0 Å². The minimum Gasteiger partial charge on any atom is -0.493 e. The van der Waals surface area contributed by atoms with Gasteiger partial charge in [0.2, 0.25) is 0 Å². The van der Waals surface area contributed by atoms with Crippen LogP contribution < -0.4 is 9.64 Å². The lowest BCUT2D eigenvalue weighted by molar-refractivity contribution is -0.114. The predicted molar refractivity (Wildman–Crippen MR) is 106 cm³/mol. The van der Waals surface area contributed by atoms with Gasteiger partial charge in [-0.25, -0.2) is 0 Å². The zero-order chi connectivity index (χ0) is 18.8. The molecule has 1 amide bonds. The number of carbonyl (C=O) groups is 2. The quantitative estimate of drug-likeness (QED) is 0.629. The van der Waals surface area contributed by atoms with Crippen molar-refractivity contribution in [1.29, 1.82) is 0 Å². The van der Waals surface area contributed by atoms with E-state index in [9.17, 15) is 9.59 Å². The number of amides is 1. The highest BCUT2D eigenvalue weighted by atomic mass is 79.9. The lowest BCUT2D eigenvalue weighted by Gasteiger charge is -2.21. The first-order valence-corrected chi connectivity index (χ1v) is 9.55. The Morgan fingerprint density at radius 3 is 2.62 bits per heavy atom. The number of aryl methyl sites for hydroxylation is 1. The van der Waals surface area contributed by atoms with Crippen molar-refractivity contribution in [3.63, 3.8) is 0 Å². The van der Waals surface area contributed by atoms with Crippen LogP contribution in [0, 0.1) is 12.8 Å². The van der Waals surface area contributed by atoms with Crippen molar-refractivity contribution in [2.24, 2.45) is 5.92 Å². The second-order valence-electron chi connectivity index (χ2n) is 6.98. The Bertz CT molecular complexity index is 860. The zero-order valence-electron chi connectivity index (χ0n) is 15.2. The number of ether oxygens (including phenoxy) is 1. The van der Waals surface area contributed by atoms with Crippen molar-refractivity contribution in [1.82, 2.24) is 0 Å². The van der Waals surface area contributed by atoms with Crippen LogP contribution in [0.4, 0.5) is 5.69 Å². The molecule has 0 bridgehead atoms. The standard InChI is InChI=1S/C21H22BrNO3/c1-13(2)8-9-26-18-7-5-4-6-15(18)12-23-19-14(3)10-16(22)11-17(19)20(24)21(23)25/h4-7,10-11,13H,8-9,12H2,1-3H3. The Hall–Kier alpha value is -2.14. The van der Waals surface area contributed by atoms with Crippen LogP contribution in [-0.4, -0.2) is 18.3 Å². The second kappa shape index (κ2) is 7.62. The molecule has 0 fully saturated rings. The Morgan fingerprint density at radius 2 is 1.88 bits per heavy atom. The maximum absolute atomic E-state index is 12.6. The van der Waals surface area contributed by atoms with Gasteiger partial charge in [0, 0.05) is 10.0 Å². The van der Waals surface area contributed by atoms with Gasteiger partial charge in [-0.3, -0.25) is 14.5 Å². The molecule has 0 radical (unpaired) electrons. The maximum Gasteiger partial charge on any atom is 0.299 e. The molecule has 0 unspecified atom stereocenters. The summed E-state index contributed by atoms with van der Waals surface area (Å²) in [7, 11) is 0. The topological polar surface area (TPSA) is 46.6 Å². The monoisotopic (exact) mass is 415 g/mol. The van der Waals surface area contributed by atoms with Gasteiger partial charge in [-0.15, -0.1) is 0 Å². The summed E-state index contributed by atoms with van der Waals surface area (Å²) in [5, 5.41) is 0. The molecule has 1 aliphatic heterocycles. The molecule has 0 aromatic heterocycles. The summed E-state index contributed by atoms with van der Waals surface area (Å²) in [6.45, 7) is 7.17. The smallest absolute Gasteiger partial charge is 0.299 e. The number of hydrogen-bond acceptors (Lipinski definition) is 3. The van der Waals surface area contributed by atoms with Crippen LogP contribution in [0.3, 0.4) is 0 Å². The van der Waals surface area contributed by atoms with Gasteiger partial charge in [0.15, 0.2) is 0 Å². The van der Waals surface area contributed by atoms with E-state index in [1.54, 1.807) is 11.0 Å². The van der Waals surface area contributed by atoms with E-state index in [1.807, 2.05) is 37.3 Å². The molecule has 0 saturated heterocycles. The number of rotatable bonds is 6. The SMILES string of the molecule is Cc1cc(Br)cc2c1N(Cc1ccccc1OCCC(C)C)C(=O)C2=O. The average Bonchev–Trinajstić information content (AvgIpc) is 2.81. The summed E-state index contributed by atoms with van der Waals surface area (Å²) < 4.78 is 6.73. The first-order chi connectivity index (χ1) is 12.4. The molecule has 26 heavy (non-hydrogen) atoms. The minimum atomic E-state index is -0.488. The number of hydrogen-bond donors (Lipinski definition) is 0. The van der Waals surface area contributed by atoms with Crippen molar-refractivity contribution in [3.05, 3.63) is 57.6 Å². The van der Waals surface area contributed by atoms with Crippen molar-refractivity contribution >= 4 is 33.3 Å². The normalized spacial score (nSPS) is 13.5. The molecule has 5 heteroatoms. The van der Waals surface area contributed by atoms with Crippen LogP contribution in [0.15, 0.2) is 40.9 Å². The van der Waals surface area contributed by atoms with Gasteiger partial charge < -0.3 is 4.74 Å². The van der Waals surface area contributed by atoms with E-state index >= 15 is 0 Å². The van der Waals surface area contributed by atoms with Crippen LogP contribution in [0.5, 0.6) is 5.75 Å². The molecule has 2 aromatic carbocycles. The molecule has 0 spiro atoms. The van der Waals surface area contributed by atoms with E-state index in [1.165, 1.54) is 0 Å². The Balaban J connectivity index is 1.89. The molecular formula is C21H22BrNO3. The third-order valence-corrected chi connectivity index (χ3v) is 4.93. The lowest BCUT2D eigenvalue weighted by Crippen LogP contribution is -2.29. The number of ketones is 1. The Kier molecular flexibility index (Phi) is 5.47. The number of carbonyl (C=O) groups excluding carboxylic acids is 2. The fourth-order valence-corrected chi connectivity index (χ4v) is 3.68. The summed E-state index contributed by atoms with van der Waals surface area (Å²) in [5.41, 5.74) is 2.94. The Labute approximate surface area is 162 Å². The molecule has 0 aliphatic carbocycles. The third-order valence-electron chi connectivity index (χ3n) is 4.47. The molecule has 1 heterocycles. The van der Waals surface area contributed by atoms with Crippen molar-refractivity contribution < 1.29 is 14.3 Å². The van der Waals surface area contributed by atoms with E-state index in [2.05, 4.69) is 29.8 Å². The zero-order valence-corrected chi connectivity index (χ0v) is 16.8. The largest absolute Gasteiger partial charge is 0.493 e. The fourth-order valence-electron chi connectivity index (χ4n) is 3.11. The van der Waals surface area contributed by atoms with Gasteiger partial charge >= 0.3 is 0 Å². The van der Waals surface area contributed by atoms with Crippen LogP contribution >= 0.6 is 15.9 Å². The third kappa shape index (κ3) is 3.68. The number of benzene rings is 2. The Morgan fingerprint density at radius 1 is 1.15 bits per heavy atom. The predicted octanol–water partition coefficient (Wildman–Crippen LogP) is 4.91. The van der Waals surface area contributed by atoms with E-state index < -0.39 is 11.7 Å². The highest BCUT2D eigenvalue weighted by Crippen LogP contribution is 2.36. The molecule has 3 rings (SSSR count). The summed E-state index contributed by atoms with van der Waals surface area (Å²) in [5.74, 6) is 0.380. The van der Waals surface area contributed by atoms with Gasteiger partial charge in [0.05, 0.1) is 24.4 Å². The lowest BCUT2D eigenvalue weighted by atomic mass is 10.1. The van der Waals surface area contributed by atoms with Crippen molar-refractivity contribution in [2.75, 3.05) is 11.5 Å². The van der Waals surface area contributed by atoms with E-state index in [-0.39, 0.29) is 0 Å². The second-order valence-corrected chi connectivity index (χ2v) is 7.89. The number of anilines is 1. The number of Topliss-reactive ketones (excluding diaryl/α,β-unsaturated/α-hetero) is 1. The van der Waals surface area contributed by atoms with Crippen LogP contribution in [-0.2, 0) is 11.3 Å². The summed E-state index contributed by atoms with van der Waals surface area (Å²) in [4.78, 5) is 26.5. The van der Waals surface area contributed by atoms with E-state index in [0.717, 1.165) is 27.8 Å². The highest BCUT2D eigenvalue weighted by Gasteiger charge is 2.37. The van der Waals surface area contributed by atoms with Crippen LogP contribution in [0.2, 0.25) is 0 Å². The highest BCUT2D eigenvalue weighted by molar-refractivity contribution is 9.10. The van der Waals surface area contributed by atoms with Gasteiger partial charge in [0.1, 0.15) is 5.75 Å². The van der Waals surface area contributed by atoms with Crippen molar-refractivity contribution in [2.45, 2.75) is 33.7 Å². The van der Waals surface area contributed by atoms with E-state index in [0.29, 0.717) is 30.3 Å². The van der Waals surface area contributed by atoms with Gasteiger partial charge in [-0.05, 0) is 43.0 Å². The van der Waals surface area contributed by atoms with Gasteiger partial charge in [0.25, 0.3) is 11.7 Å². The summed E-state index contributed by atoms with van der Waals surface area (Å²) in [6, 6.07) is 11.3. The van der Waals surface area contributed by atoms with Gasteiger partial charge in [-0.1, -0.05) is 48.0 Å². The molecule has 136 valence electrons. The number of para-hydroxylation sites is 1. The molecule has 0 atom stereocenters. The van der Waals surface area contributed by atoms with Gasteiger partial charge in [-0.2, -0.15) is 0 Å². The molecule has 2 aromatic rings. The number of fused-ring (bicyclic) bond motifs is 1. The van der Waals surface area contributed by atoms with Crippen molar-refractivity contribution in [3.8, 4) is 5.75 Å². The van der Waals surface area contributed by atoms with Crippen LogP contribution in [0.1, 0.15) is 41.8 Å². The molecule has 4 nitrogen and oxygen atoms in total. The molecule has 0 N–H and O–H groups in total. The number of halogens is 1. The number of nitrogens with zero attached hydrogens (tertiary/aromatic N) is 1. The summed E-state index contributed by atoms with van der Waals surface area (Å²) >= 11 is 3.40. The minimum absolute atomic E-state index is 0.317. The average molecular weight is 416 g/mol. The molecular weight excluding hydrogens is 394 g/mol. The first-order valence-electron chi connectivity index (χ1n) is 8.75. The summed E-state index contributed by atoms with van der Waals surface area (Å²) in [6.07, 6.45) is 0.964. The van der Waals surface area contributed by atoms with E-state index in [4.69, 9.17) is 4.74 Å². The molecule has 1 aliphatic rings. The first kappa shape index (κ1) is 18.6. The molecule has 0 saturated carbocycles. The fraction of sp³-hybridized carbons (Fsp3) is 0.333.